The van der Waals surface area contributed by atoms with Crippen molar-refractivity contribution in [1.82, 2.24) is 0 Å². The first-order valence-electron chi connectivity index (χ1n) is 8.26. The molecule has 0 aliphatic carbocycles. The minimum Gasteiger partial charge on any atom is -0.495 e. The number of fused-ring (bicyclic) bond motifs is 1. The van der Waals surface area contributed by atoms with Gasteiger partial charge in [0, 0.05) is 10.9 Å². The minimum absolute atomic E-state index is 0.864. The Morgan fingerprint density at radius 1 is 0.792 bits per heavy atom. The van der Waals surface area contributed by atoms with Crippen LogP contribution in [0.5, 0.6) is 5.75 Å². The van der Waals surface area contributed by atoms with Gasteiger partial charge in [-0.1, -0.05) is 57.2 Å². The summed E-state index contributed by atoms with van der Waals surface area (Å²) in [5, 5.41) is 2.24. The molecule has 0 fully saturated rings. The van der Waals surface area contributed by atoms with E-state index < -0.39 is 16.1 Å². The molecule has 0 spiro atoms. The molecule has 0 saturated heterocycles. The van der Waals surface area contributed by atoms with Gasteiger partial charge in [-0.2, -0.15) is 0 Å². The summed E-state index contributed by atoms with van der Waals surface area (Å²) in [6.07, 6.45) is 0. The highest BCUT2D eigenvalue weighted by atomic mass is 28.3. The average Bonchev–Trinajstić information content (AvgIpc) is 2.48. The maximum Gasteiger partial charge on any atom is 0.142 e. The SMILES string of the molecule is COc1c(C#C[Si](C)(C)C)ccc2cc(C#C[Si](C)(C)C)ccc12. The third-order valence-electron chi connectivity index (χ3n) is 3.33. The lowest BCUT2D eigenvalue weighted by Gasteiger charge is -2.10. The maximum atomic E-state index is 5.66. The topological polar surface area (TPSA) is 9.23 Å². The Labute approximate surface area is 148 Å². The average molecular weight is 351 g/mol. The Hall–Kier alpha value is -1.95. The zero-order valence-corrected chi connectivity index (χ0v) is 17.8. The summed E-state index contributed by atoms with van der Waals surface area (Å²) in [5.74, 6) is 7.51. The summed E-state index contributed by atoms with van der Waals surface area (Å²) in [6, 6.07) is 10.5. The standard InChI is InChI=1S/C21H26OSi2/c1-22-21-18(13-15-24(5,6)7)9-10-19-16-17(8-11-20(19)21)12-14-23(2,3)4/h8-11,16H,1-7H3. The van der Waals surface area contributed by atoms with Crippen LogP contribution in [0.1, 0.15) is 11.1 Å². The molecule has 0 aliphatic rings. The zero-order chi connectivity index (χ0) is 18.0. The number of benzene rings is 2. The molecule has 0 saturated carbocycles. The molecule has 3 heteroatoms. The Morgan fingerprint density at radius 3 is 2.00 bits per heavy atom. The van der Waals surface area contributed by atoms with Gasteiger partial charge in [0.1, 0.15) is 21.9 Å². The molecule has 0 aromatic heterocycles. The number of hydrogen-bond donors (Lipinski definition) is 0. The van der Waals surface area contributed by atoms with Crippen LogP contribution in [0.4, 0.5) is 0 Å². The van der Waals surface area contributed by atoms with Crippen molar-refractivity contribution in [3.05, 3.63) is 41.5 Å². The fourth-order valence-corrected chi connectivity index (χ4v) is 3.24. The van der Waals surface area contributed by atoms with Crippen molar-refractivity contribution in [2.75, 3.05) is 7.11 Å². The van der Waals surface area contributed by atoms with E-state index in [0.29, 0.717) is 0 Å². The molecule has 0 unspecified atom stereocenters. The third-order valence-corrected chi connectivity index (χ3v) is 5.08. The molecule has 1 nitrogen and oxygen atoms in total. The van der Waals surface area contributed by atoms with Gasteiger partial charge in [-0.05, 0) is 29.7 Å². The van der Waals surface area contributed by atoms with Crippen molar-refractivity contribution in [2.45, 2.75) is 39.3 Å². The normalized spacial score (nSPS) is 11.3. The van der Waals surface area contributed by atoms with E-state index in [9.17, 15) is 0 Å². The van der Waals surface area contributed by atoms with Crippen LogP contribution in [-0.2, 0) is 0 Å². The molecule has 2 rings (SSSR count). The molecular formula is C21H26OSi2. The van der Waals surface area contributed by atoms with Crippen LogP contribution in [0.3, 0.4) is 0 Å². The van der Waals surface area contributed by atoms with E-state index in [0.717, 1.165) is 27.6 Å². The molecular weight excluding hydrogens is 324 g/mol. The summed E-state index contributed by atoms with van der Waals surface area (Å²) in [7, 11) is -1.06. The van der Waals surface area contributed by atoms with Gasteiger partial charge in [0.2, 0.25) is 0 Å². The third kappa shape index (κ3) is 5.03. The van der Waals surface area contributed by atoms with E-state index in [-0.39, 0.29) is 0 Å². The van der Waals surface area contributed by atoms with Crippen molar-refractivity contribution in [3.8, 4) is 28.7 Å². The molecule has 0 N–H and O–H groups in total. The summed E-state index contributed by atoms with van der Waals surface area (Å²) in [5.41, 5.74) is 8.87. The highest BCUT2D eigenvalue weighted by Gasteiger charge is 2.11. The highest BCUT2D eigenvalue weighted by Crippen LogP contribution is 2.30. The molecule has 0 bridgehead atoms. The van der Waals surface area contributed by atoms with Crippen LogP contribution in [-0.4, -0.2) is 23.3 Å². The fourth-order valence-electron chi connectivity index (χ4n) is 2.21. The Morgan fingerprint density at radius 2 is 1.42 bits per heavy atom. The van der Waals surface area contributed by atoms with Gasteiger partial charge in [0.25, 0.3) is 0 Å². The second kappa shape index (κ2) is 6.89. The van der Waals surface area contributed by atoms with Crippen LogP contribution in [0.25, 0.3) is 10.8 Å². The van der Waals surface area contributed by atoms with Gasteiger partial charge >= 0.3 is 0 Å². The van der Waals surface area contributed by atoms with Gasteiger partial charge in [-0.3, -0.25) is 0 Å². The molecule has 0 heterocycles. The molecule has 0 aliphatic heterocycles. The van der Waals surface area contributed by atoms with Crippen molar-refractivity contribution >= 4 is 26.9 Å². The lowest BCUT2D eigenvalue weighted by Crippen LogP contribution is -2.16. The molecule has 24 heavy (non-hydrogen) atoms. The second-order valence-electron chi connectivity index (χ2n) is 8.08. The first kappa shape index (κ1) is 18.4. The van der Waals surface area contributed by atoms with Gasteiger partial charge < -0.3 is 4.74 Å². The summed E-state index contributed by atoms with van der Waals surface area (Å²) >= 11 is 0. The molecule has 0 amide bonds. The van der Waals surface area contributed by atoms with Crippen molar-refractivity contribution in [3.63, 3.8) is 0 Å². The Balaban J connectivity index is 2.53. The Kier molecular flexibility index (Phi) is 5.28. The van der Waals surface area contributed by atoms with Crippen LogP contribution in [0.2, 0.25) is 39.3 Å². The first-order valence-corrected chi connectivity index (χ1v) is 15.3. The van der Waals surface area contributed by atoms with E-state index in [1.165, 1.54) is 0 Å². The van der Waals surface area contributed by atoms with Crippen LogP contribution in [0, 0.1) is 22.9 Å². The molecule has 0 atom stereocenters. The minimum atomic E-state index is -1.41. The monoisotopic (exact) mass is 350 g/mol. The number of methoxy groups -OCH3 is 1. The summed E-state index contributed by atoms with van der Waals surface area (Å²) < 4.78 is 5.66. The second-order valence-corrected chi connectivity index (χ2v) is 17.6. The zero-order valence-electron chi connectivity index (χ0n) is 15.8. The van der Waals surface area contributed by atoms with Crippen LogP contribution < -0.4 is 4.74 Å². The smallest absolute Gasteiger partial charge is 0.142 e. The highest BCUT2D eigenvalue weighted by molar-refractivity contribution is 6.84. The van der Waals surface area contributed by atoms with Crippen molar-refractivity contribution < 1.29 is 4.74 Å². The van der Waals surface area contributed by atoms with Gasteiger partial charge in [-0.15, -0.1) is 11.1 Å². The van der Waals surface area contributed by atoms with E-state index in [1.54, 1.807) is 7.11 Å². The van der Waals surface area contributed by atoms with Gasteiger partial charge in [0.15, 0.2) is 0 Å². The van der Waals surface area contributed by atoms with E-state index in [1.807, 2.05) is 0 Å². The number of ether oxygens (including phenoxy) is 1. The maximum absolute atomic E-state index is 5.66. The largest absolute Gasteiger partial charge is 0.495 e. The lowest BCUT2D eigenvalue weighted by atomic mass is 10.0. The van der Waals surface area contributed by atoms with Crippen LogP contribution >= 0.6 is 0 Å². The molecule has 124 valence electrons. The quantitative estimate of drug-likeness (QED) is 0.500. The molecule has 0 radical (unpaired) electrons. The summed E-state index contributed by atoms with van der Waals surface area (Å²) in [6.45, 7) is 13.5. The lowest BCUT2D eigenvalue weighted by molar-refractivity contribution is 0.418. The number of rotatable bonds is 1. The predicted octanol–water partition coefficient (Wildman–Crippen LogP) is 5.31. The number of hydrogen-bond acceptors (Lipinski definition) is 1. The fraction of sp³-hybridized carbons (Fsp3) is 0.333. The predicted molar refractivity (Wildman–Crippen MR) is 111 cm³/mol. The van der Waals surface area contributed by atoms with Crippen LogP contribution in [0.15, 0.2) is 30.3 Å². The van der Waals surface area contributed by atoms with Gasteiger partial charge in [-0.25, -0.2) is 0 Å². The Bertz CT molecular complexity index is 876. The van der Waals surface area contributed by atoms with Crippen molar-refractivity contribution in [1.29, 1.82) is 0 Å². The molecule has 2 aromatic rings. The summed E-state index contributed by atoms with van der Waals surface area (Å²) in [4.78, 5) is 0. The first-order chi connectivity index (χ1) is 11.1. The van der Waals surface area contributed by atoms with Gasteiger partial charge in [0.05, 0.1) is 12.7 Å². The molecule has 2 aromatic carbocycles. The van der Waals surface area contributed by atoms with Crippen molar-refractivity contribution in [2.24, 2.45) is 0 Å². The van der Waals surface area contributed by atoms with E-state index in [2.05, 4.69) is 92.5 Å². The van der Waals surface area contributed by atoms with E-state index >= 15 is 0 Å². The van der Waals surface area contributed by atoms with E-state index in [4.69, 9.17) is 4.74 Å².